The first kappa shape index (κ1) is 23.9. The van der Waals surface area contributed by atoms with Crippen molar-refractivity contribution in [3.63, 3.8) is 0 Å². The van der Waals surface area contributed by atoms with Crippen molar-refractivity contribution in [3.8, 4) is 5.75 Å². The Balaban J connectivity index is 1.86. The van der Waals surface area contributed by atoms with Crippen LogP contribution >= 0.6 is 0 Å². The van der Waals surface area contributed by atoms with Gasteiger partial charge in [0.05, 0.1) is 41.6 Å². The average Bonchev–Trinajstić information content (AvgIpc) is 3.30. The van der Waals surface area contributed by atoms with Gasteiger partial charge in [0.15, 0.2) is 0 Å². The van der Waals surface area contributed by atoms with Crippen LogP contribution in [0.5, 0.6) is 5.75 Å². The van der Waals surface area contributed by atoms with Gasteiger partial charge in [0.25, 0.3) is 21.8 Å². The number of rotatable bonds is 9. The quantitative estimate of drug-likeness (QED) is 0.440. The molecule has 0 radical (unpaired) electrons. The van der Waals surface area contributed by atoms with E-state index >= 15 is 0 Å². The molecule has 0 aliphatic rings. The number of para-hydroxylation sites is 1. The number of amides is 2. The monoisotopic (exact) mass is 471 g/mol. The molecular weight excluding hydrogens is 446 g/mol. The van der Waals surface area contributed by atoms with Crippen LogP contribution in [0.25, 0.3) is 0 Å². The molecule has 0 unspecified atom stereocenters. The normalized spacial score (nSPS) is 11.2. The van der Waals surface area contributed by atoms with Crippen LogP contribution in [0.1, 0.15) is 40.3 Å². The first-order chi connectivity index (χ1) is 15.7. The molecule has 2 amide bonds. The summed E-state index contributed by atoms with van der Waals surface area (Å²) in [5.74, 6) is -0.135. The van der Waals surface area contributed by atoms with E-state index in [9.17, 15) is 18.0 Å². The lowest BCUT2D eigenvalue weighted by atomic mass is 10.1. The molecule has 0 fully saturated rings. The third-order valence-corrected chi connectivity index (χ3v) is 5.93. The highest BCUT2D eigenvalue weighted by molar-refractivity contribution is 7.92. The first-order valence-corrected chi connectivity index (χ1v) is 11.6. The van der Waals surface area contributed by atoms with Crippen molar-refractivity contribution in [2.75, 3.05) is 11.8 Å². The maximum atomic E-state index is 13.1. The highest BCUT2D eigenvalue weighted by atomic mass is 32.2. The summed E-state index contributed by atoms with van der Waals surface area (Å²) >= 11 is 0. The van der Waals surface area contributed by atoms with E-state index in [1.807, 2.05) is 0 Å². The van der Waals surface area contributed by atoms with E-state index in [0.29, 0.717) is 5.76 Å². The van der Waals surface area contributed by atoms with Crippen molar-refractivity contribution in [1.82, 2.24) is 10.6 Å². The zero-order chi connectivity index (χ0) is 24.0. The number of carbonyl (C=O) groups excluding carboxylic acids is 2. The Labute approximate surface area is 192 Å². The van der Waals surface area contributed by atoms with Gasteiger partial charge in [-0.1, -0.05) is 12.1 Å². The molecule has 0 saturated carbocycles. The molecule has 9 nitrogen and oxygen atoms in total. The maximum absolute atomic E-state index is 13.1. The van der Waals surface area contributed by atoms with E-state index in [1.165, 1.54) is 43.7 Å². The van der Waals surface area contributed by atoms with Gasteiger partial charge in [-0.05, 0) is 56.3 Å². The zero-order valence-electron chi connectivity index (χ0n) is 18.4. The van der Waals surface area contributed by atoms with Gasteiger partial charge < -0.3 is 19.8 Å². The number of nitrogens with one attached hydrogen (secondary N) is 3. The van der Waals surface area contributed by atoms with Crippen LogP contribution < -0.4 is 20.1 Å². The number of hydrogen-bond donors (Lipinski definition) is 3. The van der Waals surface area contributed by atoms with Gasteiger partial charge in [0, 0.05) is 6.04 Å². The fourth-order valence-corrected chi connectivity index (χ4v) is 4.13. The molecular formula is C23H25N3O6S. The van der Waals surface area contributed by atoms with Crippen LogP contribution in [0.2, 0.25) is 0 Å². The van der Waals surface area contributed by atoms with Crippen LogP contribution in [-0.4, -0.2) is 33.4 Å². The summed E-state index contributed by atoms with van der Waals surface area (Å²) < 4.78 is 39.0. The standard InChI is InChI=1S/C23H25N3O6S/c1-15(2)25-23(28)19-13-17(10-11-21(19)31-3)33(29,30)26-20-9-5-4-8-18(20)22(27)24-14-16-7-6-12-32-16/h4-13,15,26H,14H2,1-3H3,(H,24,27)(H,25,28). The van der Waals surface area contributed by atoms with Crippen LogP contribution in [0, 0.1) is 0 Å². The first-order valence-electron chi connectivity index (χ1n) is 10.1. The van der Waals surface area contributed by atoms with Crippen LogP contribution in [0.4, 0.5) is 5.69 Å². The highest BCUT2D eigenvalue weighted by Crippen LogP contribution is 2.25. The highest BCUT2D eigenvalue weighted by Gasteiger charge is 2.22. The maximum Gasteiger partial charge on any atom is 0.261 e. The molecule has 0 spiro atoms. The molecule has 10 heteroatoms. The Morgan fingerprint density at radius 3 is 2.42 bits per heavy atom. The number of sulfonamides is 1. The smallest absolute Gasteiger partial charge is 0.261 e. The SMILES string of the molecule is COc1ccc(S(=O)(=O)Nc2ccccc2C(=O)NCc2ccco2)cc1C(=O)NC(C)C. The summed E-state index contributed by atoms with van der Waals surface area (Å²) in [4.78, 5) is 25.0. The molecule has 0 bridgehead atoms. The van der Waals surface area contributed by atoms with Crippen LogP contribution in [0.15, 0.2) is 70.2 Å². The Morgan fingerprint density at radius 1 is 1.00 bits per heavy atom. The number of carbonyl (C=O) groups is 2. The summed E-state index contributed by atoms with van der Waals surface area (Å²) in [7, 11) is -2.73. The third kappa shape index (κ3) is 5.92. The van der Waals surface area contributed by atoms with E-state index < -0.39 is 21.8 Å². The van der Waals surface area contributed by atoms with Crippen LogP contribution in [-0.2, 0) is 16.6 Å². The molecule has 0 atom stereocenters. The molecule has 1 aromatic heterocycles. The summed E-state index contributed by atoms with van der Waals surface area (Å²) in [6.45, 7) is 3.74. The molecule has 33 heavy (non-hydrogen) atoms. The Bertz CT molecular complexity index is 1240. The third-order valence-electron chi connectivity index (χ3n) is 4.56. The van der Waals surface area contributed by atoms with Gasteiger partial charge in [-0.25, -0.2) is 8.42 Å². The summed E-state index contributed by atoms with van der Waals surface area (Å²) in [5.41, 5.74) is 0.316. The Morgan fingerprint density at radius 2 is 1.76 bits per heavy atom. The fourth-order valence-electron chi connectivity index (χ4n) is 3.02. The number of hydrogen-bond acceptors (Lipinski definition) is 6. The fraction of sp³-hybridized carbons (Fsp3) is 0.217. The van der Waals surface area contributed by atoms with Crippen molar-refractivity contribution < 1.29 is 27.2 Å². The van der Waals surface area contributed by atoms with E-state index in [4.69, 9.17) is 9.15 Å². The van der Waals surface area contributed by atoms with Gasteiger partial charge in [0.1, 0.15) is 11.5 Å². The molecule has 3 N–H and O–H groups in total. The van der Waals surface area contributed by atoms with Crippen molar-refractivity contribution in [1.29, 1.82) is 0 Å². The molecule has 3 aromatic rings. The second-order valence-corrected chi connectivity index (χ2v) is 9.09. The molecule has 0 saturated heterocycles. The lowest BCUT2D eigenvalue weighted by Crippen LogP contribution is -2.30. The van der Waals surface area contributed by atoms with Gasteiger partial charge in [0.2, 0.25) is 0 Å². The van der Waals surface area contributed by atoms with Crippen molar-refractivity contribution in [3.05, 3.63) is 77.7 Å². The predicted molar refractivity (Wildman–Crippen MR) is 123 cm³/mol. The minimum atomic E-state index is -4.12. The van der Waals surface area contributed by atoms with Crippen LogP contribution in [0.3, 0.4) is 0 Å². The number of benzene rings is 2. The topological polar surface area (TPSA) is 127 Å². The second-order valence-electron chi connectivity index (χ2n) is 7.40. The molecule has 174 valence electrons. The lowest BCUT2D eigenvalue weighted by molar-refractivity contribution is 0.0935. The molecule has 0 aliphatic carbocycles. The van der Waals surface area contributed by atoms with Gasteiger partial charge >= 0.3 is 0 Å². The summed E-state index contributed by atoms with van der Waals surface area (Å²) in [6, 6.07) is 13.5. The van der Waals surface area contributed by atoms with E-state index in [-0.39, 0.29) is 40.0 Å². The largest absolute Gasteiger partial charge is 0.496 e. The van der Waals surface area contributed by atoms with Gasteiger partial charge in [-0.3, -0.25) is 14.3 Å². The predicted octanol–water partition coefficient (Wildman–Crippen LogP) is 3.16. The lowest BCUT2D eigenvalue weighted by Gasteiger charge is -2.15. The zero-order valence-corrected chi connectivity index (χ0v) is 19.2. The van der Waals surface area contributed by atoms with Crippen molar-refractivity contribution >= 4 is 27.5 Å². The van der Waals surface area contributed by atoms with E-state index in [2.05, 4.69) is 15.4 Å². The Hall–Kier alpha value is -3.79. The van der Waals surface area contributed by atoms with Crippen molar-refractivity contribution in [2.45, 2.75) is 31.3 Å². The minimum Gasteiger partial charge on any atom is -0.496 e. The molecule has 3 rings (SSSR count). The summed E-state index contributed by atoms with van der Waals surface area (Å²) in [5, 5.41) is 5.40. The van der Waals surface area contributed by atoms with E-state index in [0.717, 1.165) is 0 Å². The minimum absolute atomic E-state index is 0.0820. The Kier molecular flexibility index (Phi) is 7.39. The number of ether oxygens (including phenoxy) is 1. The number of furan rings is 1. The second kappa shape index (κ2) is 10.2. The molecule has 0 aliphatic heterocycles. The van der Waals surface area contributed by atoms with Gasteiger partial charge in [-0.2, -0.15) is 0 Å². The summed E-state index contributed by atoms with van der Waals surface area (Å²) in [6.07, 6.45) is 1.49. The van der Waals surface area contributed by atoms with Gasteiger partial charge in [-0.15, -0.1) is 0 Å². The average molecular weight is 472 g/mol. The molecule has 1 heterocycles. The number of anilines is 1. The number of methoxy groups -OCH3 is 1. The van der Waals surface area contributed by atoms with E-state index in [1.54, 1.807) is 38.1 Å². The molecule has 2 aromatic carbocycles. The van der Waals surface area contributed by atoms with Crippen molar-refractivity contribution in [2.24, 2.45) is 0 Å².